The van der Waals surface area contributed by atoms with Crippen LogP contribution in [-0.2, 0) is 4.79 Å². The largest absolute Gasteiger partial charge is 0.332 e. The number of hydrogen-bond acceptors (Lipinski definition) is 4. The van der Waals surface area contributed by atoms with Gasteiger partial charge in [-0.2, -0.15) is 0 Å². The Morgan fingerprint density at radius 2 is 1.72 bits per heavy atom. The van der Waals surface area contributed by atoms with E-state index in [0.29, 0.717) is 22.3 Å². The number of aromatic nitrogens is 2. The first-order valence-corrected chi connectivity index (χ1v) is 7.54. The zero-order valence-electron chi connectivity index (χ0n) is 13.4. The Labute approximate surface area is 143 Å². The Morgan fingerprint density at radius 3 is 2.44 bits per heavy atom. The summed E-state index contributed by atoms with van der Waals surface area (Å²) >= 11 is 0. The van der Waals surface area contributed by atoms with Gasteiger partial charge in [-0.1, -0.05) is 0 Å². The summed E-state index contributed by atoms with van der Waals surface area (Å²) < 4.78 is 12.9. The van der Waals surface area contributed by atoms with E-state index in [4.69, 9.17) is 0 Å². The number of nitrogens with one attached hydrogen (secondary N) is 1. The van der Waals surface area contributed by atoms with Gasteiger partial charge in [0.2, 0.25) is 5.91 Å². The monoisotopic (exact) mass is 338 g/mol. The Balaban J connectivity index is 1.66. The molecule has 2 aromatic carbocycles. The molecule has 0 saturated heterocycles. The van der Waals surface area contributed by atoms with Crippen molar-refractivity contribution in [2.45, 2.75) is 0 Å². The number of amides is 2. The maximum Gasteiger partial charge on any atom is 0.254 e. The van der Waals surface area contributed by atoms with E-state index in [9.17, 15) is 14.0 Å². The van der Waals surface area contributed by atoms with Crippen molar-refractivity contribution >= 4 is 28.5 Å². The Hall–Kier alpha value is -3.35. The molecule has 1 N–H and O–H groups in total. The second-order valence-electron chi connectivity index (χ2n) is 5.48. The number of carbonyl (C=O) groups excluding carboxylic acids is 2. The predicted molar refractivity (Wildman–Crippen MR) is 91.5 cm³/mol. The van der Waals surface area contributed by atoms with E-state index in [1.165, 1.54) is 36.2 Å². The highest BCUT2D eigenvalue weighted by Gasteiger charge is 2.16. The molecule has 2 amide bonds. The summed E-state index contributed by atoms with van der Waals surface area (Å²) in [5.41, 5.74) is 2.19. The highest BCUT2D eigenvalue weighted by molar-refractivity contribution is 6.00. The normalized spacial score (nSPS) is 10.5. The maximum absolute atomic E-state index is 12.9. The van der Waals surface area contributed by atoms with Crippen LogP contribution in [0.3, 0.4) is 0 Å². The van der Waals surface area contributed by atoms with Crippen LogP contribution in [0.4, 0.5) is 10.1 Å². The summed E-state index contributed by atoms with van der Waals surface area (Å²) in [6.07, 6.45) is 3.13. The van der Waals surface area contributed by atoms with Crippen molar-refractivity contribution in [3.05, 3.63) is 66.2 Å². The molecule has 0 aliphatic heterocycles. The van der Waals surface area contributed by atoms with Gasteiger partial charge in [-0.25, -0.2) is 4.39 Å². The number of carbonyl (C=O) groups is 2. The number of fused-ring (bicyclic) bond motifs is 1. The molecule has 0 unspecified atom stereocenters. The molecule has 6 nitrogen and oxygen atoms in total. The fraction of sp³-hybridized carbons (Fsp3) is 0.111. The van der Waals surface area contributed by atoms with Gasteiger partial charge in [-0.15, -0.1) is 0 Å². The molecule has 3 aromatic rings. The minimum atomic E-state index is -0.385. The summed E-state index contributed by atoms with van der Waals surface area (Å²) in [5.74, 6) is -1.06. The van der Waals surface area contributed by atoms with Gasteiger partial charge >= 0.3 is 0 Å². The van der Waals surface area contributed by atoms with Crippen LogP contribution in [0.1, 0.15) is 10.4 Å². The quantitative estimate of drug-likeness (QED) is 0.793. The van der Waals surface area contributed by atoms with Crippen molar-refractivity contribution in [3.8, 4) is 0 Å². The maximum atomic E-state index is 12.9. The van der Waals surface area contributed by atoms with Gasteiger partial charge in [0.25, 0.3) is 5.91 Å². The van der Waals surface area contributed by atoms with Crippen molar-refractivity contribution in [1.29, 1.82) is 0 Å². The van der Waals surface area contributed by atoms with E-state index >= 15 is 0 Å². The van der Waals surface area contributed by atoms with Crippen LogP contribution >= 0.6 is 0 Å². The van der Waals surface area contributed by atoms with Gasteiger partial charge in [0.1, 0.15) is 5.82 Å². The summed E-state index contributed by atoms with van der Waals surface area (Å²) in [5, 5.41) is 2.61. The molecule has 0 aliphatic rings. The van der Waals surface area contributed by atoms with E-state index < -0.39 is 0 Å². The average Bonchev–Trinajstić information content (AvgIpc) is 2.62. The van der Waals surface area contributed by atoms with Crippen LogP contribution in [0, 0.1) is 5.82 Å². The Kier molecular flexibility index (Phi) is 4.65. The zero-order valence-corrected chi connectivity index (χ0v) is 13.4. The minimum Gasteiger partial charge on any atom is -0.332 e. The standard InChI is InChI=1S/C18H15FN4O2/c1-23(11-17(24)22-14-5-3-13(19)4-6-14)18(25)12-2-7-15-16(10-12)21-9-8-20-15/h2-10H,11H2,1H3,(H,22,24). The highest BCUT2D eigenvalue weighted by Crippen LogP contribution is 2.13. The predicted octanol–water partition coefficient (Wildman–Crippen LogP) is 2.48. The van der Waals surface area contributed by atoms with Gasteiger partial charge in [-0.3, -0.25) is 19.6 Å². The topological polar surface area (TPSA) is 75.2 Å². The molecule has 25 heavy (non-hydrogen) atoms. The first kappa shape index (κ1) is 16.5. The Bertz CT molecular complexity index is 928. The van der Waals surface area contributed by atoms with Crippen LogP contribution in [0.15, 0.2) is 54.9 Å². The van der Waals surface area contributed by atoms with Gasteiger partial charge in [0, 0.05) is 30.7 Å². The third kappa shape index (κ3) is 3.95. The van der Waals surface area contributed by atoms with E-state index in [2.05, 4.69) is 15.3 Å². The van der Waals surface area contributed by atoms with Crippen molar-refractivity contribution < 1.29 is 14.0 Å². The van der Waals surface area contributed by atoms with Gasteiger partial charge in [0.15, 0.2) is 0 Å². The van der Waals surface area contributed by atoms with Crippen molar-refractivity contribution in [1.82, 2.24) is 14.9 Å². The third-order valence-electron chi connectivity index (χ3n) is 3.57. The molecule has 0 saturated carbocycles. The lowest BCUT2D eigenvalue weighted by molar-refractivity contribution is -0.116. The lowest BCUT2D eigenvalue weighted by atomic mass is 10.1. The summed E-state index contributed by atoms with van der Waals surface area (Å²) in [6.45, 7) is -0.130. The average molecular weight is 338 g/mol. The lowest BCUT2D eigenvalue weighted by Crippen LogP contribution is -2.34. The number of benzene rings is 2. The summed E-state index contributed by atoms with van der Waals surface area (Å²) in [4.78, 5) is 34.1. The van der Waals surface area contributed by atoms with E-state index in [-0.39, 0.29) is 24.2 Å². The molecule has 3 rings (SSSR count). The fourth-order valence-electron chi connectivity index (χ4n) is 2.34. The highest BCUT2D eigenvalue weighted by atomic mass is 19.1. The van der Waals surface area contributed by atoms with Crippen LogP contribution in [0.25, 0.3) is 11.0 Å². The van der Waals surface area contributed by atoms with Crippen LogP contribution < -0.4 is 5.32 Å². The number of nitrogens with zero attached hydrogens (tertiary/aromatic N) is 3. The Morgan fingerprint density at radius 1 is 1.04 bits per heavy atom. The summed E-state index contributed by atoms with van der Waals surface area (Å²) in [7, 11) is 1.54. The first-order valence-electron chi connectivity index (χ1n) is 7.54. The number of halogens is 1. The molecule has 0 aliphatic carbocycles. The van der Waals surface area contributed by atoms with E-state index in [1.807, 2.05) is 0 Å². The van der Waals surface area contributed by atoms with Gasteiger partial charge < -0.3 is 10.2 Å². The van der Waals surface area contributed by atoms with E-state index in [1.54, 1.807) is 30.6 Å². The van der Waals surface area contributed by atoms with Gasteiger partial charge in [0.05, 0.1) is 17.6 Å². The minimum absolute atomic E-state index is 0.130. The molecule has 126 valence electrons. The molecule has 0 bridgehead atoms. The third-order valence-corrected chi connectivity index (χ3v) is 3.57. The molecular formula is C18H15FN4O2. The molecule has 0 radical (unpaired) electrons. The van der Waals surface area contributed by atoms with E-state index in [0.717, 1.165) is 0 Å². The molecule has 7 heteroatoms. The fourth-order valence-corrected chi connectivity index (χ4v) is 2.34. The smallest absolute Gasteiger partial charge is 0.254 e. The van der Waals surface area contributed by atoms with Crippen molar-refractivity contribution in [2.24, 2.45) is 0 Å². The van der Waals surface area contributed by atoms with Crippen LogP contribution in [0.2, 0.25) is 0 Å². The number of likely N-dealkylation sites (N-methyl/N-ethyl adjacent to an activating group) is 1. The summed E-state index contributed by atoms with van der Waals surface area (Å²) in [6, 6.07) is 10.4. The molecule has 0 atom stereocenters. The first-order chi connectivity index (χ1) is 12.0. The lowest BCUT2D eigenvalue weighted by Gasteiger charge is -2.17. The molecule has 1 heterocycles. The van der Waals surface area contributed by atoms with Gasteiger partial charge in [-0.05, 0) is 42.5 Å². The molecule has 0 spiro atoms. The van der Waals surface area contributed by atoms with Crippen LogP contribution in [0.5, 0.6) is 0 Å². The number of anilines is 1. The molecule has 0 fully saturated rings. The second-order valence-corrected chi connectivity index (χ2v) is 5.48. The second kappa shape index (κ2) is 7.04. The number of hydrogen-bond donors (Lipinski definition) is 1. The molecule has 1 aromatic heterocycles. The number of rotatable bonds is 4. The molecular weight excluding hydrogens is 323 g/mol. The zero-order chi connectivity index (χ0) is 17.8. The van der Waals surface area contributed by atoms with Crippen molar-refractivity contribution in [2.75, 3.05) is 18.9 Å². The van der Waals surface area contributed by atoms with Crippen LogP contribution in [-0.4, -0.2) is 40.3 Å². The SMILES string of the molecule is CN(CC(=O)Nc1ccc(F)cc1)C(=O)c1ccc2nccnc2c1. The van der Waals surface area contributed by atoms with Crippen molar-refractivity contribution in [3.63, 3.8) is 0 Å².